The second-order valence-corrected chi connectivity index (χ2v) is 2.67. The number of carbonyl (C=O) groups excluding carboxylic acids is 2. The summed E-state index contributed by atoms with van der Waals surface area (Å²) in [5.74, 6) is -0.560. The average molecular weight is 185 g/mol. The van der Waals surface area contributed by atoms with E-state index in [9.17, 15) is 9.59 Å². The Kier molecular flexibility index (Phi) is 6.83. The van der Waals surface area contributed by atoms with Gasteiger partial charge in [0.2, 0.25) is 6.08 Å². The first-order chi connectivity index (χ1) is 6.26. The number of rotatable bonds is 6. The Balaban J connectivity index is 4.05. The molecule has 0 aromatic carbocycles. The molecule has 0 spiro atoms. The summed E-state index contributed by atoms with van der Waals surface area (Å²) < 4.78 is 4.82. The van der Waals surface area contributed by atoms with Crippen molar-refractivity contribution >= 4 is 12.0 Å². The van der Waals surface area contributed by atoms with Gasteiger partial charge in [0.15, 0.2) is 0 Å². The molecule has 0 rings (SSSR count). The summed E-state index contributed by atoms with van der Waals surface area (Å²) in [6.45, 7) is 4.28. The van der Waals surface area contributed by atoms with Crippen molar-refractivity contribution < 1.29 is 14.3 Å². The van der Waals surface area contributed by atoms with Gasteiger partial charge in [-0.15, -0.1) is 0 Å². The lowest BCUT2D eigenvalue weighted by molar-refractivity contribution is -0.147. The maximum Gasteiger partial charge on any atom is 0.310 e. The predicted octanol–water partition coefficient (Wildman–Crippen LogP) is 1.30. The molecule has 0 saturated carbocycles. The maximum absolute atomic E-state index is 11.2. The molecule has 0 fully saturated rings. The zero-order chi connectivity index (χ0) is 10.1. The van der Waals surface area contributed by atoms with Crippen molar-refractivity contribution in [3.63, 3.8) is 0 Å². The van der Waals surface area contributed by atoms with E-state index in [0.717, 1.165) is 6.42 Å². The Morgan fingerprint density at radius 3 is 2.69 bits per heavy atom. The molecule has 0 saturated heterocycles. The number of hydrogen-bond donors (Lipinski definition) is 0. The minimum Gasteiger partial charge on any atom is -0.466 e. The van der Waals surface area contributed by atoms with Crippen LogP contribution in [0.25, 0.3) is 0 Å². The minimum atomic E-state index is -0.286. The van der Waals surface area contributed by atoms with E-state index in [0.29, 0.717) is 13.0 Å². The van der Waals surface area contributed by atoms with E-state index < -0.39 is 0 Å². The van der Waals surface area contributed by atoms with Gasteiger partial charge in [-0.05, 0) is 13.3 Å². The number of nitrogens with zero attached hydrogens (tertiary/aromatic N) is 1. The zero-order valence-electron chi connectivity index (χ0n) is 8.08. The fraction of sp³-hybridized carbons (Fsp3) is 0.778. The van der Waals surface area contributed by atoms with Crippen molar-refractivity contribution in [2.45, 2.75) is 26.7 Å². The molecule has 4 nitrogen and oxygen atoms in total. The Morgan fingerprint density at radius 2 is 2.23 bits per heavy atom. The van der Waals surface area contributed by atoms with Crippen molar-refractivity contribution in [2.24, 2.45) is 10.9 Å². The normalized spacial score (nSPS) is 11.5. The molecule has 0 heterocycles. The first-order valence-corrected chi connectivity index (χ1v) is 4.46. The van der Waals surface area contributed by atoms with E-state index in [1.54, 1.807) is 6.92 Å². The molecule has 0 N–H and O–H groups in total. The van der Waals surface area contributed by atoms with E-state index in [2.05, 4.69) is 4.99 Å². The minimum absolute atomic E-state index is 0.191. The van der Waals surface area contributed by atoms with Crippen LogP contribution in [0.3, 0.4) is 0 Å². The third kappa shape index (κ3) is 5.15. The molecule has 0 aromatic rings. The molecule has 0 aliphatic heterocycles. The molecule has 4 heteroatoms. The summed E-state index contributed by atoms with van der Waals surface area (Å²) in [5.41, 5.74) is 0. The number of carbonyl (C=O) groups is 1. The van der Waals surface area contributed by atoms with Gasteiger partial charge in [-0.25, -0.2) is 9.79 Å². The topological polar surface area (TPSA) is 55.7 Å². The molecule has 0 aliphatic rings. The molecule has 74 valence electrons. The molecule has 0 radical (unpaired) electrons. The van der Waals surface area contributed by atoms with E-state index in [1.165, 1.54) is 6.08 Å². The SMILES string of the molecule is CCCC(CN=C=O)C(=O)OCC. The second kappa shape index (κ2) is 7.50. The van der Waals surface area contributed by atoms with Crippen LogP contribution >= 0.6 is 0 Å². The second-order valence-electron chi connectivity index (χ2n) is 2.67. The monoisotopic (exact) mass is 185 g/mol. The Bertz CT molecular complexity index is 197. The Morgan fingerprint density at radius 1 is 1.54 bits per heavy atom. The highest BCUT2D eigenvalue weighted by Gasteiger charge is 2.17. The number of isocyanates is 1. The van der Waals surface area contributed by atoms with Crippen LogP contribution in [0.2, 0.25) is 0 Å². The van der Waals surface area contributed by atoms with Gasteiger partial charge < -0.3 is 4.74 Å². The largest absolute Gasteiger partial charge is 0.466 e. The lowest BCUT2D eigenvalue weighted by Crippen LogP contribution is -2.20. The lowest BCUT2D eigenvalue weighted by atomic mass is 10.0. The van der Waals surface area contributed by atoms with Gasteiger partial charge in [0.25, 0.3) is 0 Å². The van der Waals surface area contributed by atoms with Crippen molar-refractivity contribution in [3.8, 4) is 0 Å². The molecule has 13 heavy (non-hydrogen) atoms. The highest BCUT2D eigenvalue weighted by atomic mass is 16.5. The molecular formula is C9H15NO3. The molecule has 0 amide bonds. The number of aliphatic imine (C=N–C) groups is 1. The van der Waals surface area contributed by atoms with Gasteiger partial charge in [-0.2, -0.15) is 0 Å². The Labute approximate surface area is 78.0 Å². The number of hydrogen-bond acceptors (Lipinski definition) is 4. The predicted molar refractivity (Wildman–Crippen MR) is 48.0 cm³/mol. The van der Waals surface area contributed by atoms with Crippen LogP contribution in [-0.4, -0.2) is 25.2 Å². The number of esters is 1. The van der Waals surface area contributed by atoms with Crippen LogP contribution in [0.1, 0.15) is 26.7 Å². The van der Waals surface area contributed by atoms with Crippen LogP contribution in [0.5, 0.6) is 0 Å². The first-order valence-electron chi connectivity index (χ1n) is 4.46. The van der Waals surface area contributed by atoms with Crippen LogP contribution in [0.4, 0.5) is 0 Å². The lowest BCUT2D eigenvalue weighted by Gasteiger charge is -2.10. The maximum atomic E-state index is 11.2. The summed E-state index contributed by atoms with van der Waals surface area (Å²) in [6.07, 6.45) is 2.99. The third-order valence-electron chi connectivity index (χ3n) is 1.63. The highest BCUT2D eigenvalue weighted by molar-refractivity contribution is 5.72. The van der Waals surface area contributed by atoms with Crippen molar-refractivity contribution in [1.29, 1.82) is 0 Å². The third-order valence-corrected chi connectivity index (χ3v) is 1.63. The van der Waals surface area contributed by atoms with E-state index in [4.69, 9.17) is 4.74 Å². The summed E-state index contributed by atoms with van der Waals surface area (Å²) in [6, 6.07) is 0. The zero-order valence-corrected chi connectivity index (χ0v) is 8.08. The quantitative estimate of drug-likeness (QED) is 0.356. The molecule has 0 bridgehead atoms. The van der Waals surface area contributed by atoms with Gasteiger partial charge >= 0.3 is 5.97 Å². The molecule has 1 atom stereocenters. The van der Waals surface area contributed by atoms with Crippen molar-refractivity contribution in [2.75, 3.05) is 13.2 Å². The Hall–Kier alpha value is -1.15. The van der Waals surface area contributed by atoms with E-state index in [1.807, 2.05) is 6.92 Å². The van der Waals surface area contributed by atoms with Crippen molar-refractivity contribution in [1.82, 2.24) is 0 Å². The summed E-state index contributed by atoms with van der Waals surface area (Å²) in [5, 5.41) is 0. The van der Waals surface area contributed by atoms with Gasteiger partial charge in [-0.3, -0.25) is 4.79 Å². The molecule has 1 unspecified atom stereocenters. The first kappa shape index (κ1) is 11.8. The molecule has 0 aromatic heterocycles. The fourth-order valence-corrected chi connectivity index (χ4v) is 1.04. The number of ether oxygens (including phenoxy) is 1. The standard InChI is InChI=1S/C9H15NO3/c1-3-5-8(6-10-7-11)9(12)13-4-2/h8H,3-6H2,1-2H3. The van der Waals surface area contributed by atoms with Crippen molar-refractivity contribution in [3.05, 3.63) is 0 Å². The van der Waals surface area contributed by atoms with Crippen LogP contribution in [-0.2, 0) is 14.3 Å². The highest BCUT2D eigenvalue weighted by Crippen LogP contribution is 2.08. The van der Waals surface area contributed by atoms with Gasteiger partial charge in [0.1, 0.15) is 0 Å². The molecular weight excluding hydrogens is 170 g/mol. The average Bonchev–Trinajstić information content (AvgIpc) is 2.12. The van der Waals surface area contributed by atoms with E-state index >= 15 is 0 Å². The smallest absolute Gasteiger partial charge is 0.310 e. The summed E-state index contributed by atoms with van der Waals surface area (Å²) in [7, 11) is 0. The summed E-state index contributed by atoms with van der Waals surface area (Å²) in [4.78, 5) is 24.5. The van der Waals surface area contributed by atoms with Gasteiger partial charge in [-0.1, -0.05) is 13.3 Å². The van der Waals surface area contributed by atoms with Crippen LogP contribution in [0.15, 0.2) is 4.99 Å². The van der Waals surface area contributed by atoms with Crippen LogP contribution in [0, 0.1) is 5.92 Å². The van der Waals surface area contributed by atoms with Gasteiger partial charge in [0, 0.05) is 0 Å². The van der Waals surface area contributed by atoms with Gasteiger partial charge in [0.05, 0.1) is 19.1 Å². The molecule has 0 aliphatic carbocycles. The summed E-state index contributed by atoms with van der Waals surface area (Å²) >= 11 is 0. The van der Waals surface area contributed by atoms with E-state index in [-0.39, 0.29) is 18.4 Å². The van der Waals surface area contributed by atoms with Crippen LogP contribution < -0.4 is 0 Å². The fourth-order valence-electron chi connectivity index (χ4n) is 1.04.